The van der Waals surface area contributed by atoms with Crippen molar-refractivity contribution >= 4 is 5.91 Å². The summed E-state index contributed by atoms with van der Waals surface area (Å²) in [6, 6.07) is 12.3. The third-order valence-electron chi connectivity index (χ3n) is 5.04. The van der Waals surface area contributed by atoms with Crippen molar-refractivity contribution in [3.8, 4) is 23.5 Å². The number of amides is 1. The summed E-state index contributed by atoms with van der Waals surface area (Å²) in [5.41, 5.74) is 3.33. The predicted molar refractivity (Wildman–Crippen MR) is 104 cm³/mol. The lowest BCUT2D eigenvalue weighted by Gasteiger charge is -2.30. The molecule has 0 radical (unpaired) electrons. The second kappa shape index (κ2) is 8.64. The molecule has 1 amide bonds. The molecule has 26 heavy (non-hydrogen) atoms. The van der Waals surface area contributed by atoms with Gasteiger partial charge in [-0.1, -0.05) is 36.3 Å². The van der Waals surface area contributed by atoms with Crippen LogP contribution in [-0.2, 0) is 4.79 Å². The molecule has 1 aromatic carbocycles. The Balaban J connectivity index is 1.55. The Bertz CT molecular complexity index is 756. The molecule has 134 valence electrons. The molecule has 0 unspecified atom stereocenters. The van der Waals surface area contributed by atoms with Crippen LogP contribution in [0.1, 0.15) is 31.4 Å². The van der Waals surface area contributed by atoms with Gasteiger partial charge in [-0.15, -0.1) is 6.42 Å². The normalized spacial score (nSPS) is 16.6. The fraction of sp³-hybridized carbons (Fsp3) is 0.364. The quantitative estimate of drug-likeness (QED) is 0.845. The van der Waals surface area contributed by atoms with Crippen LogP contribution in [-0.4, -0.2) is 35.4 Å². The highest BCUT2D eigenvalue weighted by molar-refractivity contribution is 5.79. The minimum Gasteiger partial charge on any atom is -0.349 e. The average molecular weight is 347 g/mol. The number of aromatic nitrogens is 1. The first-order valence-corrected chi connectivity index (χ1v) is 9.14. The van der Waals surface area contributed by atoms with E-state index in [9.17, 15) is 4.79 Å². The number of nitrogens with one attached hydrogen (secondary N) is 1. The standard InChI is InChI=1S/C22H25N3O/c1-3-13-25-14-10-20(11-15-25)22(26)24-17(2)18-6-8-19(9-7-18)21-5-4-12-23-16-21/h1,4-9,12,16-17,20H,10-11,13-15H2,2H3,(H,24,26)/t17-/m1/s1. The van der Waals surface area contributed by atoms with Gasteiger partial charge in [0.1, 0.15) is 0 Å². The zero-order chi connectivity index (χ0) is 18.4. The number of terminal acetylenes is 1. The van der Waals surface area contributed by atoms with Gasteiger partial charge in [0.25, 0.3) is 0 Å². The summed E-state index contributed by atoms with van der Waals surface area (Å²) in [6.45, 7) is 4.51. The summed E-state index contributed by atoms with van der Waals surface area (Å²) in [4.78, 5) is 18.9. The SMILES string of the molecule is C#CCN1CCC(C(=O)N[C@H](C)c2ccc(-c3cccnc3)cc2)CC1. The van der Waals surface area contributed by atoms with Crippen LogP contribution in [0.25, 0.3) is 11.1 Å². The van der Waals surface area contributed by atoms with Crippen LogP contribution >= 0.6 is 0 Å². The van der Waals surface area contributed by atoms with Gasteiger partial charge in [0.05, 0.1) is 12.6 Å². The van der Waals surface area contributed by atoms with Gasteiger partial charge in [0, 0.05) is 18.3 Å². The molecule has 1 saturated heterocycles. The summed E-state index contributed by atoms with van der Waals surface area (Å²) in [5, 5.41) is 3.16. The topological polar surface area (TPSA) is 45.2 Å². The number of likely N-dealkylation sites (tertiary alicyclic amines) is 1. The number of nitrogens with zero attached hydrogens (tertiary/aromatic N) is 2. The molecule has 1 aromatic heterocycles. The zero-order valence-corrected chi connectivity index (χ0v) is 15.2. The number of benzene rings is 1. The van der Waals surface area contributed by atoms with E-state index < -0.39 is 0 Å². The van der Waals surface area contributed by atoms with Gasteiger partial charge in [-0.05, 0) is 55.6 Å². The number of piperidine rings is 1. The van der Waals surface area contributed by atoms with E-state index in [4.69, 9.17) is 6.42 Å². The van der Waals surface area contributed by atoms with Crippen molar-refractivity contribution in [3.63, 3.8) is 0 Å². The number of carbonyl (C=O) groups is 1. The highest BCUT2D eigenvalue weighted by Gasteiger charge is 2.25. The number of carbonyl (C=O) groups excluding carboxylic acids is 1. The lowest BCUT2D eigenvalue weighted by atomic mass is 9.95. The molecule has 0 aliphatic carbocycles. The van der Waals surface area contributed by atoms with E-state index in [0.29, 0.717) is 6.54 Å². The molecular weight excluding hydrogens is 322 g/mol. The maximum atomic E-state index is 12.6. The van der Waals surface area contributed by atoms with Crippen LogP contribution in [0.5, 0.6) is 0 Å². The highest BCUT2D eigenvalue weighted by atomic mass is 16.1. The van der Waals surface area contributed by atoms with E-state index in [1.54, 1.807) is 6.20 Å². The fourth-order valence-corrected chi connectivity index (χ4v) is 3.39. The maximum Gasteiger partial charge on any atom is 0.223 e. The monoisotopic (exact) mass is 347 g/mol. The van der Waals surface area contributed by atoms with Gasteiger partial charge in [0.15, 0.2) is 0 Å². The third kappa shape index (κ3) is 4.50. The Morgan fingerprint density at radius 1 is 1.27 bits per heavy atom. The van der Waals surface area contributed by atoms with Crippen LogP contribution in [0.3, 0.4) is 0 Å². The van der Waals surface area contributed by atoms with Crippen LogP contribution in [0.2, 0.25) is 0 Å². The van der Waals surface area contributed by atoms with Crippen molar-refractivity contribution in [3.05, 3.63) is 54.4 Å². The second-order valence-electron chi connectivity index (χ2n) is 6.85. The molecule has 4 heteroatoms. The van der Waals surface area contributed by atoms with Crippen LogP contribution in [0, 0.1) is 18.3 Å². The van der Waals surface area contributed by atoms with Crippen LogP contribution < -0.4 is 5.32 Å². The Morgan fingerprint density at radius 2 is 2.00 bits per heavy atom. The lowest BCUT2D eigenvalue weighted by Crippen LogP contribution is -2.41. The summed E-state index contributed by atoms with van der Waals surface area (Å²) in [7, 11) is 0. The van der Waals surface area contributed by atoms with Gasteiger partial charge in [-0.25, -0.2) is 0 Å². The van der Waals surface area contributed by atoms with Crippen molar-refractivity contribution in [2.45, 2.75) is 25.8 Å². The first-order chi connectivity index (χ1) is 12.7. The molecular formula is C22H25N3O. The minimum absolute atomic E-state index is 0.00538. The summed E-state index contributed by atoms with van der Waals surface area (Å²) in [5.74, 6) is 2.90. The van der Waals surface area contributed by atoms with Crippen molar-refractivity contribution in [2.75, 3.05) is 19.6 Å². The molecule has 1 aliphatic heterocycles. The first-order valence-electron chi connectivity index (χ1n) is 9.14. The van der Waals surface area contributed by atoms with Gasteiger partial charge < -0.3 is 5.32 Å². The Morgan fingerprint density at radius 3 is 2.62 bits per heavy atom. The molecule has 4 nitrogen and oxygen atoms in total. The Kier molecular flexibility index (Phi) is 6.04. The number of rotatable bonds is 5. The molecule has 2 aromatic rings. The fourth-order valence-electron chi connectivity index (χ4n) is 3.39. The van der Waals surface area contributed by atoms with E-state index in [1.165, 1.54) is 0 Å². The molecule has 1 N–H and O–H groups in total. The van der Waals surface area contributed by atoms with E-state index in [2.05, 4.69) is 45.4 Å². The smallest absolute Gasteiger partial charge is 0.223 e. The first kappa shape index (κ1) is 18.2. The third-order valence-corrected chi connectivity index (χ3v) is 5.04. The summed E-state index contributed by atoms with van der Waals surface area (Å²) < 4.78 is 0. The Labute approximate surface area is 155 Å². The number of hydrogen-bond donors (Lipinski definition) is 1. The van der Waals surface area contributed by atoms with Gasteiger partial charge in [-0.3, -0.25) is 14.7 Å². The lowest BCUT2D eigenvalue weighted by molar-refractivity contribution is -0.127. The molecule has 0 bridgehead atoms. The minimum atomic E-state index is -0.00538. The molecule has 1 atom stereocenters. The summed E-state index contributed by atoms with van der Waals surface area (Å²) >= 11 is 0. The van der Waals surface area contributed by atoms with E-state index in [1.807, 2.05) is 25.3 Å². The van der Waals surface area contributed by atoms with Crippen molar-refractivity contribution in [2.24, 2.45) is 5.92 Å². The van der Waals surface area contributed by atoms with Crippen molar-refractivity contribution in [1.29, 1.82) is 0 Å². The molecule has 1 aliphatic rings. The van der Waals surface area contributed by atoms with Crippen LogP contribution in [0.4, 0.5) is 0 Å². The van der Waals surface area contributed by atoms with E-state index in [0.717, 1.165) is 42.6 Å². The average Bonchev–Trinajstić information content (AvgIpc) is 2.69. The maximum absolute atomic E-state index is 12.6. The van der Waals surface area contributed by atoms with Crippen molar-refractivity contribution in [1.82, 2.24) is 15.2 Å². The number of pyridine rings is 1. The largest absolute Gasteiger partial charge is 0.349 e. The summed E-state index contributed by atoms with van der Waals surface area (Å²) in [6.07, 6.45) is 10.7. The molecule has 0 saturated carbocycles. The highest BCUT2D eigenvalue weighted by Crippen LogP contribution is 2.22. The van der Waals surface area contributed by atoms with E-state index >= 15 is 0 Å². The van der Waals surface area contributed by atoms with E-state index in [-0.39, 0.29) is 17.9 Å². The van der Waals surface area contributed by atoms with Crippen molar-refractivity contribution < 1.29 is 4.79 Å². The van der Waals surface area contributed by atoms with Gasteiger partial charge >= 0.3 is 0 Å². The molecule has 1 fully saturated rings. The molecule has 0 spiro atoms. The zero-order valence-electron chi connectivity index (χ0n) is 15.2. The molecule has 2 heterocycles. The van der Waals surface area contributed by atoms with Gasteiger partial charge in [0.2, 0.25) is 5.91 Å². The molecule has 3 rings (SSSR count). The Hall–Kier alpha value is -2.64. The van der Waals surface area contributed by atoms with Gasteiger partial charge in [-0.2, -0.15) is 0 Å². The second-order valence-corrected chi connectivity index (χ2v) is 6.85. The predicted octanol–water partition coefficient (Wildman–Crippen LogP) is 3.27. The van der Waals surface area contributed by atoms with Crippen LogP contribution in [0.15, 0.2) is 48.8 Å². The number of hydrogen-bond acceptors (Lipinski definition) is 3.